The number of hydrogen-bond acceptors (Lipinski definition) is 7. The van der Waals surface area contributed by atoms with Gasteiger partial charge in [0.25, 0.3) is 0 Å². The van der Waals surface area contributed by atoms with Crippen molar-refractivity contribution in [1.29, 1.82) is 0 Å². The van der Waals surface area contributed by atoms with Gasteiger partial charge >= 0.3 is 17.9 Å². The van der Waals surface area contributed by atoms with Crippen LogP contribution in [0.2, 0.25) is 0 Å². The van der Waals surface area contributed by atoms with Crippen LogP contribution in [-0.2, 0) is 0 Å². The van der Waals surface area contributed by atoms with Crippen LogP contribution in [0.3, 0.4) is 0 Å². The van der Waals surface area contributed by atoms with Crippen molar-refractivity contribution in [3.63, 3.8) is 0 Å². The first-order valence-electron chi connectivity index (χ1n) is 16.0. The molecule has 0 fully saturated rings. The second kappa shape index (κ2) is 14.8. The fourth-order valence-electron chi connectivity index (χ4n) is 6.00. The Balaban J connectivity index is 1.39. The van der Waals surface area contributed by atoms with Crippen molar-refractivity contribution in [2.75, 3.05) is 26.2 Å². The first-order chi connectivity index (χ1) is 25.1. The summed E-state index contributed by atoms with van der Waals surface area (Å²) in [7, 11) is 4.31. The Morgan fingerprint density at radius 2 is 0.615 bits per heavy atom. The van der Waals surface area contributed by atoms with E-state index >= 15 is 0 Å². The quantitative estimate of drug-likeness (QED) is 0.113. The lowest BCUT2D eigenvalue weighted by atomic mass is 10.0. The number of rotatable bonds is 12. The highest BCUT2D eigenvalue weighted by atomic mass is 16.5. The molecule has 52 heavy (non-hydrogen) atoms. The highest BCUT2D eigenvalue weighted by Gasteiger charge is 2.18. The van der Waals surface area contributed by atoms with Crippen LogP contribution in [0.25, 0.3) is 33.4 Å². The summed E-state index contributed by atoms with van der Waals surface area (Å²) in [5.41, 5.74) is 7.74. The summed E-state index contributed by atoms with van der Waals surface area (Å²) >= 11 is 0. The zero-order valence-corrected chi connectivity index (χ0v) is 28.4. The third-order valence-corrected chi connectivity index (χ3v) is 8.67. The van der Waals surface area contributed by atoms with Crippen LogP contribution in [0.15, 0.2) is 127 Å². The van der Waals surface area contributed by atoms with Crippen molar-refractivity contribution in [1.82, 2.24) is 0 Å². The van der Waals surface area contributed by atoms with Gasteiger partial charge in [0.05, 0.1) is 21.3 Å². The lowest BCUT2D eigenvalue weighted by molar-refractivity contribution is 0.0682. The predicted octanol–water partition coefficient (Wildman–Crippen LogP) is 9.28. The number of ether oxygens (including phenoxy) is 3. The maximum Gasteiger partial charge on any atom is 0.339 e. The van der Waals surface area contributed by atoms with E-state index in [0.717, 1.165) is 50.4 Å². The Labute approximate surface area is 299 Å². The summed E-state index contributed by atoms with van der Waals surface area (Å²) < 4.78 is 16.0. The zero-order valence-electron chi connectivity index (χ0n) is 28.4. The molecule has 0 aliphatic carbocycles. The number of aromatic carboxylic acids is 3. The maximum absolute atomic E-state index is 11.6. The Kier molecular flexibility index (Phi) is 9.91. The normalized spacial score (nSPS) is 10.7. The summed E-state index contributed by atoms with van der Waals surface area (Å²) in [5, 5.41) is 28.5. The lowest BCUT2D eigenvalue weighted by Crippen LogP contribution is -2.09. The van der Waals surface area contributed by atoms with Crippen LogP contribution in [0.5, 0.6) is 17.2 Å². The number of methoxy groups -OCH3 is 3. The van der Waals surface area contributed by atoms with Crippen molar-refractivity contribution < 1.29 is 43.9 Å². The molecule has 0 saturated carbocycles. The van der Waals surface area contributed by atoms with Gasteiger partial charge in [-0.25, -0.2) is 14.4 Å². The molecule has 0 aliphatic heterocycles. The van der Waals surface area contributed by atoms with Gasteiger partial charge < -0.3 is 34.4 Å². The van der Waals surface area contributed by atoms with E-state index in [4.69, 9.17) is 14.2 Å². The molecule has 10 nitrogen and oxygen atoms in total. The van der Waals surface area contributed by atoms with E-state index < -0.39 is 17.9 Å². The summed E-state index contributed by atoms with van der Waals surface area (Å²) in [6.07, 6.45) is 0. The van der Waals surface area contributed by atoms with Gasteiger partial charge in [0, 0.05) is 17.1 Å². The van der Waals surface area contributed by atoms with Gasteiger partial charge in [0.1, 0.15) is 33.9 Å². The number of carboxylic acids is 3. The average Bonchev–Trinajstić information content (AvgIpc) is 3.17. The molecule has 0 aromatic heterocycles. The van der Waals surface area contributed by atoms with E-state index in [9.17, 15) is 29.7 Å². The monoisotopic (exact) mass is 695 g/mol. The van der Waals surface area contributed by atoms with Crippen molar-refractivity contribution in [3.05, 3.63) is 144 Å². The molecule has 0 saturated heterocycles. The molecule has 0 unspecified atom stereocenters. The SMILES string of the molecule is COc1cc(-c2ccc(N(c3ccc(-c4ccc(C(=O)O)c(OC)c4)cc3)c3ccc(-c4ccc(C(=O)O)c(OC)c4)cc3)cc2)ccc1C(=O)O. The lowest BCUT2D eigenvalue weighted by Gasteiger charge is -2.26. The van der Waals surface area contributed by atoms with Crippen LogP contribution < -0.4 is 19.1 Å². The molecule has 0 amide bonds. The molecule has 0 heterocycles. The summed E-state index contributed by atoms with van der Waals surface area (Å²) in [4.78, 5) is 36.9. The molecule has 6 rings (SSSR count). The minimum absolute atomic E-state index is 0.0773. The minimum atomic E-state index is -1.07. The van der Waals surface area contributed by atoms with Gasteiger partial charge in [0.2, 0.25) is 0 Å². The van der Waals surface area contributed by atoms with Crippen molar-refractivity contribution in [3.8, 4) is 50.6 Å². The molecule has 0 bridgehead atoms. The Bertz CT molecular complexity index is 2020. The van der Waals surface area contributed by atoms with Gasteiger partial charge in [-0.1, -0.05) is 54.6 Å². The fourth-order valence-corrected chi connectivity index (χ4v) is 6.00. The van der Waals surface area contributed by atoms with E-state index in [-0.39, 0.29) is 33.9 Å². The average molecular weight is 696 g/mol. The zero-order chi connectivity index (χ0) is 36.9. The molecule has 0 atom stereocenters. The highest BCUT2D eigenvalue weighted by Crippen LogP contribution is 2.39. The van der Waals surface area contributed by atoms with E-state index in [1.54, 1.807) is 36.4 Å². The van der Waals surface area contributed by atoms with Gasteiger partial charge in [-0.3, -0.25) is 0 Å². The topological polar surface area (TPSA) is 143 Å². The van der Waals surface area contributed by atoms with Crippen molar-refractivity contribution >= 4 is 35.0 Å². The second-order valence-corrected chi connectivity index (χ2v) is 11.6. The van der Waals surface area contributed by atoms with Crippen LogP contribution in [-0.4, -0.2) is 54.6 Å². The van der Waals surface area contributed by atoms with Gasteiger partial charge in [-0.2, -0.15) is 0 Å². The maximum atomic E-state index is 11.6. The van der Waals surface area contributed by atoms with Crippen molar-refractivity contribution in [2.45, 2.75) is 0 Å². The van der Waals surface area contributed by atoms with E-state index in [1.807, 2.05) is 72.8 Å². The second-order valence-electron chi connectivity index (χ2n) is 11.6. The number of nitrogens with zero attached hydrogens (tertiary/aromatic N) is 1. The molecule has 0 aliphatic rings. The Morgan fingerprint density at radius 1 is 0.385 bits per heavy atom. The summed E-state index contributed by atoms with van der Waals surface area (Å²) in [5.74, 6) is -2.42. The number of hydrogen-bond donors (Lipinski definition) is 3. The molecular weight excluding hydrogens is 662 g/mol. The van der Waals surface area contributed by atoms with Crippen LogP contribution in [0.4, 0.5) is 17.1 Å². The van der Waals surface area contributed by atoms with Crippen LogP contribution in [0, 0.1) is 0 Å². The standard InChI is InChI=1S/C42H33NO9/c1-50-37-22-28(10-19-34(37)40(44)45)25-4-13-31(14-5-25)43(32-15-6-26(7-16-32)29-11-20-35(41(46)47)38(23-29)51-2)33-17-8-27(9-18-33)30-12-21-36(42(48)49)39(24-30)52-3/h4-24H,1-3H3,(H,44,45)(H,46,47)(H,48,49). The van der Waals surface area contributed by atoms with E-state index in [2.05, 4.69) is 4.90 Å². The third kappa shape index (κ3) is 6.99. The smallest absolute Gasteiger partial charge is 0.339 e. The third-order valence-electron chi connectivity index (χ3n) is 8.67. The molecule has 3 N–H and O–H groups in total. The molecule has 0 spiro atoms. The van der Waals surface area contributed by atoms with Gasteiger partial charge in [0.15, 0.2) is 0 Å². The molecule has 10 heteroatoms. The summed E-state index contributed by atoms with van der Waals surface area (Å²) in [6.45, 7) is 0. The number of benzene rings is 6. The van der Waals surface area contributed by atoms with Gasteiger partial charge in [-0.05, 0) is 106 Å². The highest BCUT2D eigenvalue weighted by molar-refractivity contribution is 5.94. The first kappa shape index (κ1) is 34.8. The van der Waals surface area contributed by atoms with Gasteiger partial charge in [-0.15, -0.1) is 0 Å². The predicted molar refractivity (Wildman–Crippen MR) is 198 cm³/mol. The van der Waals surface area contributed by atoms with Crippen LogP contribution >= 0.6 is 0 Å². The molecular formula is C42H33NO9. The molecule has 6 aromatic carbocycles. The largest absolute Gasteiger partial charge is 0.496 e. The number of carbonyl (C=O) groups is 3. The molecule has 6 aromatic rings. The minimum Gasteiger partial charge on any atom is -0.496 e. The first-order valence-corrected chi connectivity index (χ1v) is 16.0. The van der Waals surface area contributed by atoms with E-state index in [1.165, 1.54) is 39.5 Å². The fraction of sp³-hybridized carbons (Fsp3) is 0.0714. The van der Waals surface area contributed by atoms with Crippen LogP contribution in [0.1, 0.15) is 31.1 Å². The van der Waals surface area contributed by atoms with Crippen molar-refractivity contribution in [2.24, 2.45) is 0 Å². The number of carboxylic acid groups (broad SMARTS) is 3. The molecule has 0 radical (unpaired) electrons. The number of anilines is 3. The van der Waals surface area contributed by atoms with E-state index in [0.29, 0.717) is 0 Å². The summed E-state index contributed by atoms with van der Waals surface area (Å²) in [6, 6.07) is 38.4. The Hall–Kier alpha value is -7.07. The Morgan fingerprint density at radius 3 is 0.827 bits per heavy atom. The molecule has 260 valence electrons.